The molecule has 0 bridgehead atoms. The molecule has 2 aliphatic heterocycles. The van der Waals surface area contributed by atoms with Gasteiger partial charge in [-0.3, -0.25) is 9.78 Å². The number of anilines is 1. The normalized spacial score (nSPS) is 19.1. The van der Waals surface area contributed by atoms with Crippen LogP contribution in [0.2, 0.25) is 0 Å². The fourth-order valence-electron chi connectivity index (χ4n) is 7.81. The number of halogens is 3. The van der Waals surface area contributed by atoms with E-state index in [4.69, 9.17) is 14.1 Å². The van der Waals surface area contributed by atoms with Crippen molar-refractivity contribution in [3.8, 4) is 27.6 Å². The number of hydrogen-bond donors (Lipinski definition) is 2. The number of thiophene rings is 1. The molecule has 6 aromatic rings. The molecule has 1 amide bonds. The first-order valence-corrected chi connectivity index (χ1v) is 17.4. The number of carbonyl (C=O) groups is 1. The smallest absolute Gasteiger partial charge is 0.434 e. The molecule has 0 radical (unpaired) electrons. The molecular formula is C37H29F3N6O4S. The summed E-state index contributed by atoms with van der Waals surface area (Å²) in [5.41, 5.74) is 4.61. The van der Waals surface area contributed by atoms with E-state index in [0.717, 1.165) is 23.8 Å². The maximum absolute atomic E-state index is 15.6. The summed E-state index contributed by atoms with van der Waals surface area (Å²) in [6, 6.07) is 11.9. The molecule has 51 heavy (non-hydrogen) atoms. The van der Waals surface area contributed by atoms with Crippen molar-refractivity contribution in [3.05, 3.63) is 111 Å². The summed E-state index contributed by atoms with van der Waals surface area (Å²) in [7, 11) is 1.36. The van der Waals surface area contributed by atoms with Crippen LogP contribution in [0.15, 0.2) is 63.9 Å². The summed E-state index contributed by atoms with van der Waals surface area (Å²) in [6.07, 6.45) is 2.76. The average molecular weight is 711 g/mol. The second-order valence-corrected chi connectivity index (χ2v) is 14.0. The number of nitrogens with zero attached hydrogens (tertiary/aromatic N) is 4. The maximum atomic E-state index is 15.6. The Balaban J connectivity index is 1.20. The van der Waals surface area contributed by atoms with Gasteiger partial charge in [0, 0.05) is 35.2 Å². The number of aromatic amines is 1. The molecular weight excluding hydrogens is 682 g/mol. The highest BCUT2D eigenvalue weighted by Gasteiger charge is 2.45. The summed E-state index contributed by atoms with van der Waals surface area (Å²) in [5.74, 6) is -1.34. The number of nitrogens with one attached hydrogen (secondary N) is 2. The molecule has 9 rings (SSSR count). The van der Waals surface area contributed by atoms with Crippen LogP contribution in [0.25, 0.3) is 32.0 Å². The van der Waals surface area contributed by atoms with Gasteiger partial charge >= 0.3 is 5.76 Å². The largest absolute Gasteiger partial charge is 0.493 e. The number of aryl methyl sites for hydroxylation is 2. The van der Waals surface area contributed by atoms with E-state index in [2.05, 4.69) is 20.5 Å². The second kappa shape index (κ2) is 12.1. The van der Waals surface area contributed by atoms with E-state index in [9.17, 15) is 18.4 Å². The Morgan fingerprint density at radius 3 is 2.71 bits per heavy atom. The number of carbonyl (C=O) groups excluding carboxylic acids is 1. The Bertz CT molecular complexity index is 2430. The van der Waals surface area contributed by atoms with Crippen molar-refractivity contribution in [2.24, 2.45) is 0 Å². The van der Waals surface area contributed by atoms with Gasteiger partial charge in [0.2, 0.25) is 0 Å². The lowest BCUT2D eigenvalue weighted by atomic mass is 9.93. The van der Waals surface area contributed by atoms with Crippen molar-refractivity contribution < 1.29 is 27.1 Å². The van der Waals surface area contributed by atoms with Crippen LogP contribution in [-0.4, -0.2) is 50.8 Å². The topological polar surface area (TPSA) is 126 Å². The van der Waals surface area contributed by atoms with Crippen LogP contribution in [-0.2, 0) is 19.3 Å². The van der Waals surface area contributed by atoms with Gasteiger partial charge in [-0.15, -0.1) is 16.4 Å². The number of fused-ring (bicyclic) bond motifs is 5. The molecule has 1 saturated heterocycles. The molecule has 2 N–H and O–H groups in total. The van der Waals surface area contributed by atoms with Gasteiger partial charge in [0.1, 0.15) is 17.8 Å². The number of amides is 1. The van der Waals surface area contributed by atoms with E-state index < -0.39 is 23.8 Å². The molecule has 258 valence electrons. The molecule has 3 atom stereocenters. The minimum atomic E-state index is -1.36. The van der Waals surface area contributed by atoms with Gasteiger partial charge in [0.25, 0.3) is 11.8 Å². The maximum Gasteiger partial charge on any atom is 0.434 e. The lowest BCUT2D eigenvalue weighted by Crippen LogP contribution is -2.22. The fourth-order valence-corrected chi connectivity index (χ4v) is 8.97. The van der Waals surface area contributed by atoms with Gasteiger partial charge in [-0.05, 0) is 72.5 Å². The number of pyridine rings is 2. The van der Waals surface area contributed by atoms with Crippen molar-refractivity contribution in [1.29, 1.82) is 0 Å². The third-order valence-electron chi connectivity index (χ3n) is 10.1. The van der Waals surface area contributed by atoms with E-state index in [-0.39, 0.29) is 35.8 Å². The number of H-pyrrole nitrogens is 1. The van der Waals surface area contributed by atoms with E-state index >= 15 is 4.39 Å². The zero-order valence-electron chi connectivity index (χ0n) is 27.1. The highest BCUT2D eigenvalue weighted by atomic mass is 32.1. The third-order valence-corrected chi connectivity index (χ3v) is 11.3. The average Bonchev–Trinajstić information content (AvgIpc) is 3.96. The molecule has 4 aromatic heterocycles. The first kappa shape index (κ1) is 31.5. The van der Waals surface area contributed by atoms with Crippen molar-refractivity contribution in [2.75, 3.05) is 19.0 Å². The van der Waals surface area contributed by atoms with Gasteiger partial charge in [-0.1, -0.05) is 18.2 Å². The predicted molar refractivity (Wildman–Crippen MR) is 184 cm³/mol. The van der Waals surface area contributed by atoms with Crippen molar-refractivity contribution >= 4 is 33.1 Å². The monoisotopic (exact) mass is 710 g/mol. The Hall–Kier alpha value is -5.50. The number of hydrogen-bond acceptors (Lipinski definition) is 9. The number of methoxy groups -OCH3 is 1. The molecule has 6 heterocycles. The minimum Gasteiger partial charge on any atom is -0.493 e. The zero-order valence-corrected chi connectivity index (χ0v) is 28.0. The van der Waals surface area contributed by atoms with Crippen LogP contribution < -0.4 is 15.8 Å². The van der Waals surface area contributed by atoms with Crippen LogP contribution >= 0.6 is 11.3 Å². The molecule has 1 fully saturated rings. The molecule has 1 aliphatic carbocycles. The standard InChI is InChI=1S/C37H29F3N6O4S/c1-49-32-21-16-23(40)30(20(21)9-10-22(32)39)43-34-33-18(12-13-41-34)15-26(51-33)28-27(35-44-45-37(48)50-35)24(11-6-17-4-7-19(38)8-5-17)42-31-25-3-2-14-46(25)36(47)29(28)31/h4-5,7-10,12-13,15,23,25,30H,2-3,6,11,14,16H2,1H3,(H,41,43)(H,45,48). The molecule has 3 unspecified atom stereocenters. The highest BCUT2D eigenvalue weighted by Crippen LogP contribution is 2.51. The van der Waals surface area contributed by atoms with E-state index in [1.54, 1.807) is 24.4 Å². The Labute approximate surface area is 292 Å². The fraction of sp³-hybridized carbons (Fsp3) is 0.270. The SMILES string of the molecule is COc1c(F)ccc2c1CC(F)C2Nc1nccc2cc(-c3c4c(nc(CCc5ccc(F)cc5)c3-c3n[nH]c(=O)o3)C3CCCN3C4=O)sc12. The third kappa shape index (κ3) is 5.10. The Kier molecular flexibility index (Phi) is 7.45. The Morgan fingerprint density at radius 2 is 1.92 bits per heavy atom. The second-order valence-electron chi connectivity index (χ2n) is 12.9. The molecule has 2 aromatic carbocycles. The summed E-state index contributed by atoms with van der Waals surface area (Å²) >= 11 is 1.36. The van der Waals surface area contributed by atoms with Gasteiger partial charge < -0.3 is 19.4 Å². The van der Waals surface area contributed by atoms with Crippen molar-refractivity contribution in [1.82, 2.24) is 25.1 Å². The van der Waals surface area contributed by atoms with Gasteiger partial charge in [0.05, 0.1) is 46.4 Å². The number of aromatic nitrogens is 4. The summed E-state index contributed by atoms with van der Waals surface area (Å²) < 4.78 is 55.3. The quantitative estimate of drug-likeness (QED) is 0.171. The zero-order chi connectivity index (χ0) is 35.0. The minimum absolute atomic E-state index is 0.00258. The van der Waals surface area contributed by atoms with Crippen LogP contribution in [0.5, 0.6) is 5.75 Å². The van der Waals surface area contributed by atoms with Gasteiger partial charge in [0.15, 0.2) is 11.6 Å². The molecule has 3 aliphatic rings. The summed E-state index contributed by atoms with van der Waals surface area (Å²) in [4.78, 5) is 38.7. The summed E-state index contributed by atoms with van der Waals surface area (Å²) in [6.45, 7) is 0.601. The molecule has 0 spiro atoms. The van der Waals surface area contributed by atoms with E-state index in [0.29, 0.717) is 74.0 Å². The number of benzene rings is 2. The van der Waals surface area contributed by atoms with Crippen molar-refractivity contribution in [3.63, 3.8) is 0 Å². The van der Waals surface area contributed by atoms with E-state index in [1.165, 1.54) is 36.6 Å². The lowest BCUT2D eigenvalue weighted by molar-refractivity contribution is 0.0776. The molecule has 14 heteroatoms. The number of ether oxygens (including phenoxy) is 1. The van der Waals surface area contributed by atoms with Gasteiger partial charge in [-0.2, -0.15) is 0 Å². The summed E-state index contributed by atoms with van der Waals surface area (Å²) in [5, 5.41) is 10.6. The number of alkyl halides is 1. The molecule has 0 saturated carbocycles. The predicted octanol–water partition coefficient (Wildman–Crippen LogP) is 7.11. The first-order valence-electron chi connectivity index (χ1n) is 16.6. The van der Waals surface area contributed by atoms with Crippen LogP contribution in [0.4, 0.5) is 19.0 Å². The van der Waals surface area contributed by atoms with Crippen molar-refractivity contribution in [2.45, 2.75) is 50.4 Å². The Morgan fingerprint density at radius 1 is 1.08 bits per heavy atom. The van der Waals surface area contributed by atoms with Crippen LogP contribution in [0, 0.1) is 11.6 Å². The van der Waals surface area contributed by atoms with E-state index in [1.807, 2.05) is 17.0 Å². The van der Waals surface area contributed by atoms with Gasteiger partial charge in [-0.25, -0.2) is 28.0 Å². The molecule has 10 nitrogen and oxygen atoms in total. The lowest BCUT2D eigenvalue weighted by Gasteiger charge is -2.18. The van der Waals surface area contributed by atoms with Crippen LogP contribution in [0.3, 0.4) is 0 Å². The first-order chi connectivity index (χ1) is 24.8. The highest BCUT2D eigenvalue weighted by molar-refractivity contribution is 7.23. The number of rotatable bonds is 8. The van der Waals surface area contributed by atoms with Crippen LogP contribution in [0.1, 0.15) is 63.4 Å².